The van der Waals surface area contributed by atoms with E-state index < -0.39 is 0 Å². The molecular weight excluding hydrogens is 346 g/mol. The second kappa shape index (κ2) is 6.29. The number of carbonyl (C=O) groups is 1. The second-order valence-corrected chi connectivity index (χ2v) is 6.89. The Kier molecular flexibility index (Phi) is 3.99. The molecule has 4 aromatic rings. The fourth-order valence-electron chi connectivity index (χ4n) is 2.42. The first-order chi connectivity index (χ1) is 11.8. The Balaban J connectivity index is 1.62. The number of carbonyl (C=O) groups excluding carboxylic acids is 1. The molecule has 0 aliphatic carbocycles. The van der Waals surface area contributed by atoms with Crippen LogP contribution in [-0.2, 0) is 10.5 Å². The molecule has 4 rings (SSSR count). The summed E-state index contributed by atoms with van der Waals surface area (Å²) in [6, 6.07) is 9.74. The maximum absolute atomic E-state index is 11.9. The zero-order valence-corrected chi connectivity index (χ0v) is 14.4. The third-order valence-corrected chi connectivity index (χ3v) is 5.43. The number of hydrogen-bond acceptors (Lipinski definition) is 7. The second-order valence-electron chi connectivity index (χ2n) is 4.94. The monoisotopic (exact) mass is 359 g/mol. The van der Waals surface area contributed by atoms with Crippen molar-refractivity contribution in [2.75, 3.05) is 6.61 Å². The topological polar surface area (TPSA) is 69.6 Å². The maximum Gasteiger partial charge on any atom is 0.341 e. The predicted octanol–water partition coefficient (Wildman–Crippen LogP) is 4.01. The molecule has 0 saturated carbocycles. The molecule has 0 amide bonds. The van der Waals surface area contributed by atoms with Crippen LogP contribution in [0.25, 0.3) is 15.2 Å². The smallest absolute Gasteiger partial charge is 0.341 e. The third kappa shape index (κ3) is 2.57. The standard InChI is InChI=1S/C16H13N3O3S2/c1-2-21-14(20)10-7-8-22-12(10)9-23-15-17-18-16-19(15)11-5-3-4-6-13(11)24-16/h3-8H,2,9H2,1H3. The van der Waals surface area contributed by atoms with E-state index in [0.717, 1.165) is 20.3 Å². The Morgan fingerprint density at radius 1 is 1.33 bits per heavy atom. The normalized spacial score (nSPS) is 11.4. The van der Waals surface area contributed by atoms with Gasteiger partial charge in [-0.05, 0) is 25.1 Å². The fourth-order valence-corrected chi connectivity index (χ4v) is 4.34. The largest absolute Gasteiger partial charge is 0.468 e. The molecule has 122 valence electrons. The van der Waals surface area contributed by atoms with E-state index in [1.165, 1.54) is 18.0 Å². The molecule has 3 heterocycles. The number of furan rings is 1. The molecule has 0 aliphatic rings. The Labute approximate surface area is 145 Å². The number of esters is 1. The molecule has 8 heteroatoms. The number of nitrogens with zero attached hydrogens (tertiary/aromatic N) is 3. The maximum atomic E-state index is 11.9. The Morgan fingerprint density at radius 3 is 3.08 bits per heavy atom. The van der Waals surface area contributed by atoms with E-state index in [4.69, 9.17) is 9.15 Å². The third-order valence-electron chi connectivity index (χ3n) is 3.48. The minimum Gasteiger partial charge on any atom is -0.468 e. The van der Waals surface area contributed by atoms with E-state index in [9.17, 15) is 4.79 Å². The zero-order valence-electron chi connectivity index (χ0n) is 12.8. The SMILES string of the molecule is CCOC(=O)c1ccoc1CSc1nnc2sc3ccccc3n12. The highest BCUT2D eigenvalue weighted by Gasteiger charge is 2.18. The van der Waals surface area contributed by atoms with E-state index >= 15 is 0 Å². The molecule has 6 nitrogen and oxygen atoms in total. The number of benzene rings is 1. The van der Waals surface area contributed by atoms with Gasteiger partial charge in [0, 0.05) is 0 Å². The highest BCUT2D eigenvalue weighted by molar-refractivity contribution is 7.98. The summed E-state index contributed by atoms with van der Waals surface area (Å²) in [5, 5.41) is 9.25. The highest BCUT2D eigenvalue weighted by Crippen LogP contribution is 2.31. The minimum atomic E-state index is -0.366. The van der Waals surface area contributed by atoms with Crippen LogP contribution in [0.4, 0.5) is 0 Å². The van der Waals surface area contributed by atoms with E-state index in [1.54, 1.807) is 24.3 Å². The molecule has 3 aromatic heterocycles. The van der Waals surface area contributed by atoms with E-state index in [0.29, 0.717) is 23.7 Å². The van der Waals surface area contributed by atoms with Crippen LogP contribution >= 0.6 is 23.1 Å². The zero-order chi connectivity index (χ0) is 16.5. The van der Waals surface area contributed by atoms with Gasteiger partial charge >= 0.3 is 5.97 Å². The first-order valence-corrected chi connectivity index (χ1v) is 9.17. The summed E-state index contributed by atoms with van der Waals surface area (Å²) in [7, 11) is 0. The number of thiazole rings is 1. The van der Waals surface area contributed by atoms with Crippen LogP contribution in [0.2, 0.25) is 0 Å². The molecule has 0 atom stereocenters. The number of para-hydroxylation sites is 1. The van der Waals surface area contributed by atoms with Gasteiger partial charge in [0.05, 0.1) is 28.8 Å². The molecule has 0 unspecified atom stereocenters. The molecule has 0 saturated heterocycles. The first kappa shape index (κ1) is 15.2. The molecule has 0 aliphatic heterocycles. The lowest BCUT2D eigenvalue weighted by atomic mass is 10.3. The fraction of sp³-hybridized carbons (Fsp3) is 0.188. The number of fused-ring (bicyclic) bond motifs is 3. The van der Waals surface area contributed by atoms with Crippen LogP contribution in [0, 0.1) is 0 Å². The van der Waals surface area contributed by atoms with Crippen LogP contribution < -0.4 is 0 Å². The van der Waals surface area contributed by atoms with Crippen LogP contribution in [0.15, 0.2) is 46.2 Å². The molecule has 0 spiro atoms. The summed E-state index contributed by atoms with van der Waals surface area (Å²) >= 11 is 3.08. The average Bonchev–Trinajstić information content (AvgIpc) is 3.28. The van der Waals surface area contributed by atoms with Crippen molar-refractivity contribution in [2.45, 2.75) is 17.8 Å². The van der Waals surface area contributed by atoms with Crippen LogP contribution in [0.5, 0.6) is 0 Å². The summed E-state index contributed by atoms with van der Waals surface area (Å²) in [5.74, 6) is 0.690. The van der Waals surface area contributed by atoms with Crippen molar-refractivity contribution in [3.63, 3.8) is 0 Å². The van der Waals surface area contributed by atoms with E-state index in [2.05, 4.69) is 16.3 Å². The number of hydrogen-bond donors (Lipinski definition) is 0. The lowest BCUT2D eigenvalue weighted by molar-refractivity contribution is 0.0524. The van der Waals surface area contributed by atoms with Gasteiger partial charge in [-0.15, -0.1) is 10.2 Å². The van der Waals surface area contributed by atoms with Crippen molar-refractivity contribution in [1.82, 2.24) is 14.6 Å². The number of ether oxygens (including phenoxy) is 1. The van der Waals surface area contributed by atoms with E-state index in [-0.39, 0.29) is 5.97 Å². The van der Waals surface area contributed by atoms with Crippen molar-refractivity contribution in [3.8, 4) is 0 Å². The summed E-state index contributed by atoms with van der Waals surface area (Å²) in [5.41, 5.74) is 1.54. The van der Waals surface area contributed by atoms with Crippen LogP contribution in [0.1, 0.15) is 23.0 Å². The molecule has 0 fully saturated rings. The average molecular weight is 359 g/mol. The number of thioether (sulfide) groups is 1. The van der Waals surface area contributed by atoms with Crippen molar-refractivity contribution in [3.05, 3.63) is 47.9 Å². The predicted molar refractivity (Wildman–Crippen MR) is 92.6 cm³/mol. The molecule has 0 N–H and O–H groups in total. The van der Waals surface area contributed by atoms with Crippen molar-refractivity contribution >= 4 is 44.2 Å². The molecule has 24 heavy (non-hydrogen) atoms. The van der Waals surface area contributed by atoms with Gasteiger partial charge in [-0.25, -0.2) is 4.79 Å². The molecule has 0 bridgehead atoms. The summed E-state index contributed by atoms with van der Waals surface area (Å²) in [6.07, 6.45) is 1.50. The lowest BCUT2D eigenvalue weighted by Crippen LogP contribution is -2.05. The minimum absolute atomic E-state index is 0.336. The van der Waals surface area contributed by atoms with Gasteiger partial charge in [-0.1, -0.05) is 35.2 Å². The van der Waals surface area contributed by atoms with Crippen LogP contribution in [-0.4, -0.2) is 27.2 Å². The number of rotatable bonds is 5. The summed E-state index contributed by atoms with van der Waals surface area (Å²) in [4.78, 5) is 12.8. The van der Waals surface area contributed by atoms with Crippen molar-refractivity contribution in [1.29, 1.82) is 0 Å². The van der Waals surface area contributed by atoms with Gasteiger partial charge < -0.3 is 9.15 Å². The Hall–Kier alpha value is -2.32. The van der Waals surface area contributed by atoms with Gasteiger partial charge in [-0.2, -0.15) is 0 Å². The van der Waals surface area contributed by atoms with Crippen LogP contribution in [0.3, 0.4) is 0 Å². The number of aromatic nitrogens is 3. The summed E-state index contributed by atoms with van der Waals surface area (Å²) in [6.45, 7) is 2.11. The van der Waals surface area contributed by atoms with Gasteiger partial charge in [-0.3, -0.25) is 4.40 Å². The Morgan fingerprint density at radius 2 is 2.21 bits per heavy atom. The first-order valence-electron chi connectivity index (χ1n) is 7.37. The van der Waals surface area contributed by atoms with Crippen molar-refractivity contribution < 1.29 is 13.9 Å². The lowest BCUT2D eigenvalue weighted by Gasteiger charge is -2.02. The Bertz CT molecular complexity index is 1020. The molecule has 1 aromatic carbocycles. The quantitative estimate of drug-likeness (QED) is 0.396. The summed E-state index contributed by atoms with van der Waals surface area (Å²) < 4.78 is 13.7. The van der Waals surface area contributed by atoms with Gasteiger partial charge in [0.2, 0.25) is 4.96 Å². The molecule has 0 radical (unpaired) electrons. The van der Waals surface area contributed by atoms with Crippen molar-refractivity contribution in [2.24, 2.45) is 0 Å². The van der Waals surface area contributed by atoms with Gasteiger partial charge in [0.15, 0.2) is 5.16 Å². The van der Waals surface area contributed by atoms with Gasteiger partial charge in [0.25, 0.3) is 0 Å². The van der Waals surface area contributed by atoms with Gasteiger partial charge in [0.1, 0.15) is 11.3 Å². The van der Waals surface area contributed by atoms with E-state index in [1.807, 2.05) is 22.6 Å². The highest BCUT2D eigenvalue weighted by atomic mass is 32.2. The molecular formula is C16H13N3O3S2.